The molecule has 0 aromatic heterocycles. The van der Waals surface area contributed by atoms with Gasteiger partial charge < -0.3 is 10.2 Å². The predicted molar refractivity (Wildman–Crippen MR) is 71.0 cm³/mol. The zero-order valence-electron chi connectivity index (χ0n) is 11.3. The summed E-state index contributed by atoms with van der Waals surface area (Å²) in [6.07, 6.45) is 4.59. The molecular weight excluding hydrogens is 214 g/mol. The minimum absolute atomic E-state index is 0.0217. The van der Waals surface area contributed by atoms with E-state index in [-0.39, 0.29) is 11.9 Å². The van der Waals surface area contributed by atoms with E-state index in [9.17, 15) is 4.79 Å². The molecule has 4 heteroatoms. The fourth-order valence-electron chi connectivity index (χ4n) is 1.73. The van der Waals surface area contributed by atoms with Crippen molar-refractivity contribution < 1.29 is 4.79 Å². The Morgan fingerprint density at radius 2 is 2.00 bits per heavy atom. The van der Waals surface area contributed by atoms with E-state index in [2.05, 4.69) is 29.1 Å². The monoisotopic (exact) mass is 239 g/mol. The first-order valence-corrected chi connectivity index (χ1v) is 6.49. The predicted octanol–water partition coefficient (Wildman–Crippen LogP) is 0.705. The molecule has 1 atom stereocenters. The summed E-state index contributed by atoms with van der Waals surface area (Å²) in [7, 11) is 2.15. The molecule has 1 heterocycles. The van der Waals surface area contributed by atoms with Crippen LogP contribution in [-0.4, -0.2) is 61.5 Å². The maximum Gasteiger partial charge on any atom is 0.243 e. The lowest BCUT2D eigenvalue weighted by Gasteiger charge is -2.31. The van der Waals surface area contributed by atoms with Gasteiger partial charge in [-0.05, 0) is 20.4 Å². The molecule has 1 saturated heterocycles. The Morgan fingerprint density at radius 1 is 1.35 bits per heavy atom. The summed E-state index contributed by atoms with van der Waals surface area (Å²) in [6.45, 7) is 9.38. The molecular formula is C13H25N3O. The Morgan fingerprint density at radius 3 is 2.59 bits per heavy atom. The van der Waals surface area contributed by atoms with Gasteiger partial charge in [0.2, 0.25) is 5.91 Å². The van der Waals surface area contributed by atoms with Crippen LogP contribution in [0.3, 0.4) is 0 Å². The molecule has 1 rings (SSSR count). The van der Waals surface area contributed by atoms with Crippen LogP contribution in [0.2, 0.25) is 0 Å². The van der Waals surface area contributed by atoms with E-state index < -0.39 is 0 Å². The Balaban J connectivity index is 2.18. The summed E-state index contributed by atoms with van der Waals surface area (Å²) < 4.78 is 0. The molecule has 0 aliphatic carbocycles. The average Bonchev–Trinajstić information content (AvgIpc) is 2.31. The Labute approximate surface area is 105 Å². The van der Waals surface area contributed by atoms with Crippen molar-refractivity contribution in [3.8, 4) is 0 Å². The standard InChI is InChI=1S/C13H25N3O/c1-4-12(2)14-13(17)6-5-7-16-10-8-15(3)9-11-16/h5-6,12H,4,7-11H2,1-3H3,(H,14,17)/b6-5+. The number of likely N-dealkylation sites (N-methyl/N-ethyl adjacent to an activating group) is 1. The third-order valence-corrected chi connectivity index (χ3v) is 3.23. The fourth-order valence-corrected chi connectivity index (χ4v) is 1.73. The van der Waals surface area contributed by atoms with Crippen LogP contribution in [0.1, 0.15) is 20.3 Å². The topological polar surface area (TPSA) is 35.6 Å². The number of nitrogens with one attached hydrogen (secondary N) is 1. The summed E-state index contributed by atoms with van der Waals surface area (Å²) in [5, 5.41) is 2.92. The first-order chi connectivity index (χ1) is 8.11. The van der Waals surface area contributed by atoms with Gasteiger partial charge in [0.15, 0.2) is 0 Å². The number of rotatable bonds is 5. The minimum Gasteiger partial charge on any atom is -0.350 e. The van der Waals surface area contributed by atoms with E-state index in [4.69, 9.17) is 0 Å². The van der Waals surface area contributed by atoms with Crippen molar-refractivity contribution in [1.82, 2.24) is 15.1 Å². The van der Waals surface area contributed by atoms with Crippen LogP contribution < -0.4 is 5.32 Å². The number of amides is 1. The summed E-state index contributed by atoms with van der Waals surface area (Å²) >= 11 is 0. The molecule has 1 aliphatic heterocycles. The highest BCUT2D eigenvalue weighted by Crippen LogP contribution is 1.98. The van der Waals surface area contributed by atoms with E-state index in [0.717, 1.165) is 39.1 Å². The van der Waals surface area contributed by atoms with E-state index in [1.54, 1.807) is 6.08 Å². The number of nitrogens with zero attached hydrogens (tertiary/aromatic N) is 2. The van der Waals surface area contributed by atoms with Gasteiger partial charge in [-0.1, -0.05) is 13.0 Å². The second-order valence-corrected chi connectivity index (χ2v) is 4.82. The summed E-state index contributed by atoms with van der Waals surface area (Å²) in [5.74, 6) is 0.0217. The van der Waals surface area contributed by atoms with Crippen LogP contribution in [0.25, 0.3) is 0 Å². The average molecular weight is 239 g/mol. The van der Waals surface area contributed by atoms with Crippen LogP contribution in [-0.2, 0) is 4.79 Å². The molecule has 0 spiro atoms. The normalized spacial score (nSPS) is 20.6. The third kappa shape index (κ3) is 5.84. The van der Waals surface area contributed by atoms with Crippen molar-refractivity contribution in [2.24, 2.45) is 0 Å². The largest absolute Gasteiger partial charge is 0.350 e. The first-order valence-electron chi connectivity index (χ1n) is 6.49. The maximum atomic E-state index is 11.5. The van der Waals surface area contributed by atoms with Gasteiger partial charge >= 0.3 is 0 Å². The molecule has 1 fully saturated rings. The van der Waals surface area contributed by atoms with E-state index in [0.29, 0.717) is 0 Å². The number of carbonyl (C=O) groups is 1. The molecule has 4 nitrogen and oxygen atoms in total. The van der Waals surface area contributed by atoms with Crippen molar-refractivity contribution in [2.75, 3.05) is 39.8 Å². The smallest absolute Gasteiger partial charge is 0.243 e. The molecule has 1 amide bonds. The van der Waals surface area contributed by atoms with Crippen molar-refractivity contribution in [1.29, 1.82) is 0 Å². The molecule has 0 radical (unpaired) electrons. The first kappa shape index (κ1) is 14.2. The van der Waals surface area contributed by atoms with Crippen LogP contribution in [0, 0.1) is 0 Å². The highest BCUT2D eigenvalue weighted by Gasteiger charge is 2.11. The van der Waals surface area contributed by atoms with Gasteiger partial charge in [-0.3, -0.25) is 9.69 Å². The van der Waals surface area contributed by atoms with E-state index >= 15 is 0 Å². The zero-order chi connectivity index (χ0) is 12.7. The van der Waals surface area contributed by atoms with Crippen molar-refractivity contribution >= 4 is 5.91 Å². The molecule has 0 aromatic carbocycles. The molecule has 1 N–H and O–H groups in total. The lowest BCUT2D eigenvalue weighted by atomic mass is 10.2. The molecule has 1 aliphatic rings. The maximum absolute atomic E-state index is 11.5. The van der Waals surface area contributed by atoms with Gasteiger partial charge in [-0.15, -0.1) is 0 Å². The molecule has 0 aromatic rings. The SMILES string of the molecule is CCC(C)NC(=O)/C=C/CN1CCN(C)CC1. The molecule has 17 heavy (non-hydrogen) atoms. The van der Waals surface area contributed by atoms with E-state index in [1.807, 2.05) is 13.0 Å². The molecule has 98 valence electrons. The zero-order valence-corrected chi connectivity index (χ0v) is 11.3. The van der Waals surface area contributed by atoms with Crippen LogP contribution in [0.15, 0.2) is 12.2 Å². The minimum atomic E-state index is 0.0217. The highest BCUT2D eigenvalue weighted by atomic mass is 16.1. The van der Waals surface area contributed by atoms with E-state index in [1.165, 1.54) is 0 Å². The molecule has 0 saturated carbocycles. The second-order valence-electron chi connectivity index (χ2n) is 4.82. The number of carbonyl (C=O) groups excluding carboxylic acids is 1. The van der Waals surface area contributed by atoms with Gasteiger partial charge in [-0.2, -0.15) is 0 Å². The second kappa shape index (κ2) is 7.45. The lowest BCUT2D eigenvalue weighted by molar-refractivity contribution is -0.117. The van der Waals surface area contributed by atoms with Crippen LogP contribution in [0.5, 0.6) is 0 Å². The van der Waals surface area contributed by atoms with Gasteiger partial charge in [0.25, 0.3) is 0 Å². The number of piperazine rings is 1. The van der Waals surface area contributed by atoms with Crippen molar-refractivity contribution in [3.05, 3.63) is 12.2 Å². The highest BCUT2D eigenvalue weighted by molar-refractivity contribution is 5.87. The summed E-state index contributed by atoms with van der Waals surface area (Å²) in [4.78, 5) is 16.2. The Kier molecular flexibility index (Phi) is 6.22. The Hall–Kier alpha value is -0.870. The summed E-state index contributed by atoms with van der Waals surface area (Å²) in [5.41, 5.74) is 0. The van der Waals surface area contributed by atoms with Crippen LogP contribution in [0.4, 0.5) is 0 Å². The fraction of sp³-hybridized carbons (Fsp3) is 0.769. The summed E-state index contributed by atoms with van der Waals surface area (Å²) in [6, 6.07) is 0.260. The quantitative estimate of drug-likeness (QED) is 0.718. The van der Waals surface area contributed by atoms with Gasteiger partial charge in [0.1, 0.15) is 0 Å². The Bertz CT molecular complexity index is 257. The van der Waals surface area contributed by atoms with Gasteiger partial charge in [0.05, 0.1) is 0 Å². The van der Waals surface area contributed by atoms with Crippen LogP contribution >= 0.6 is 0 Å². The number of hydrogen-bond donors (Lipinski definition) is 1. The molecule has 1 unspecified atom stereocenters. The van der Waals surface area contributed by atoms with Crippen molar-refractivity contribution in [3.63, 3.8) is 0 Å². The lowest BCUT2D eigenvalue weighted by Crippen LogP contribution is -2.44. The van der Waals surface area contributed by atoms with Gasteiger partial charge in [-0.25, -0.2) is 0 Å². The van der Waals surface area contributed by atoms with Crippen molar-refractivity contribution in [2.45, 2.75) is 26.3 Å². The molecule has 0 bridgehead atoms. The third-order valence-electron chi connectivity index (χ3n) is 3.23. The number of hydrogen-bond acceptors (Lipinski definition) is 3. The van der Waals surface area contributed by atoms with Gasteiger partial charge in [0, 0.05) is 44.8 Å².